The molecular weight excluding hydrogens is 246 g/mol. The van der Waals surface area contributed by atoms with Crippen LogP contribution in [0.15, 0.2) is 0 Å². The maximum absolute atomic E-state index is 9.56. The summed E-state index contributed by atoms with van der Waals surface area (Å²) in [5, 5.41) is 12.8. The molecule has 0 aliphatic heterocycles. The third kappa shape index (κ3) is 3.44. The van der Waals surface area contributed by atoms with Crippen LogP contribution in [0.1, 0.15) is 39.0 Å². The summed E-state index contributed by atoms with van der Waals surface area (Å²) in [5.74, 6) is 0.490. The molecule has 0 unspecified atom stereocenters. The number of rotatable bonds is 6. The van der Waals surface area contributed by atoms with Gasteiger partial charge in [0.2, 0.25) is 11.9 Å². The van der Waals surface area contributed by atoms with E-state index < -0.39 is 0 Å². The zero-order chi connectivity index (χ0) is 13.7. The zero-order valence-electron chi connectivity index (χ0n) is 11.2. The molecule has 0 amide bonds. The Labute approximate surface area is 112 Å². The van der Waals surface area contributed by atoms with E-state index in [9.17, 15) is 5.11 Å². The molecule has 4 N–H and O–H groups in total. The fraction of sp³-hybridized carbons (Fsp3) is 0.750. The number of nitrogen functional groups attached to an aromatic ring is 1. The molecule has 1 aromatic rings. The van der Waals surface area contributed by atoms with Crippen molar-refractivity contribution in [2.75, 3.05) is 24.3 Å². The van der Waals surface area contributed by atoms with Gasteiger partial charge in [-0.3, -0.25) is 0 Å². The lowest BCUT2D eigenvalue weighted by Crippen LogP contribution is -2.39. The summed E-state index contributed by atoms with van der Waals surface area (Å²) >= 11 is 0. The number of nitrogens with zero attached hydrogens (tertiary/aromatic N) is 3. The first kappa shape index (κ1) is 13.8. The summed E-state index contributed by atoms with van der Waals surface area (Å²) in [6.07, 6.45) is 4.86. The van der Waals surface area contributed by atoms with E-state index in [1.165, 1.54) is 0 Å². The lowest BCUT2D eigenvalue weighted by atomic mass is 9.99. The summed E-state index contributed by atoms with van der Waals surface area (Å²) in [4.78, 5) is 12.2. The van der Waals surface area contributed by atoms with Gasteiger partial charge in [0.1, 0.15) is 0 Å². The van der Waals surface area contributed by atoms with Crippen LogP contribution in [-0.2, 0) is 0 Å². The third-order valence-electron chi connectivity index (χ3n) is 3.31. The maximum atomic E-state index is 9.56. The summed E-state index contributed by atoms with van der Waals surface area (Å²) in [5.41, 5.74) is 5.31. The van der Waals surface area contributed by atoms with Crippen molar-refractivity contribution in [1.29, 1.82) is 0 Å². The molecule has 1 aliphatic carbocycles. The van der Waals surface area contributed by atoms with Crippen LogP contribution >= 0.6 is 0 Å². The highest BCUT2D eigenvalue weighted by atomic mass is 16.5. The minimum absolute atomic E-state index is 0.0593. The first-order valence-electron chi connectivity index (χ1n) is 6.71. The highest BCUT2D eigenvalue weighted by Crippen LogP contribution is 2.32. The average molecular weight is 267 g/mol. The van der Waals surface area contributed by atoms with Crippen molar-refractivity contribution in [2.24, 2.45) is 0 Å². The molecule has 2 rings (SSSR count). The average Bonchev–Trinajstić information content (AvgIpc) is 2.85. The van der Waals surface area contributed by atoms with E-state index in [0.29, 0.717) is 12.6 Å². The topological polar surface area (TPSA) is 106 Å². The van der Waals surface area contributed by atoms with Crippen LogP contribution in [0, 0.1) is 0 Å². The van der Waals surface area contributed by atoms with Gasteiger partial charge in [0, 0.05) is 0 Å². The smallest absolute Gasteiger partial charge is 0.323 e. The van der Waals surface area contributed by atoms with Gasteiger partial charge in [-0.15, -0.1) is 0 Å². The van der Waals surface area contributed by atoms with Crippen molar-refractivity contribution in [2.45, 2.75) is 44.6 Å². The molecule has 19 heavy (non-hydrogen) atoms. The minimum atomic E-state index is -0.337. The van der Waals surface area contributed by atoms with Crippen LogP contribution in [0.2, 0.25) is 0 Å². The van der Waals surface area contributed by atoms with Gasteiger partial charge in [-0.25, -0.2) is 0 Å². The van der Waals surface area contributed by atoms with Gasteiger partial charge in [0.05, 0.1) is 18.8 Å². The van der Waals surface area contributed by atoms with Crippen LogP contribution in [0.25, 0.3) is 0 Å². The standard InChI is InChI=1S/C12H21N5O2/c1-2-7-19-11-15-9(13)14-10(16-11)17-12(8-18)5-3-4-6-12/h18H,2-8H2,1H3,(H3,13,14,15,16,17). The third-order valence-corrected chi connectivity index (χ3v) is 3.31. The molecule has 0 radical (unpaired) electrons. The van der Waals surface area contributed by atoms with Gasteiger partial charge >= 0.3 is 6.01 Å². The quantitative estimate of drug-likeness (QED) is 0.704. The predicted octanol–water partition coefficient (Wildman–Crippen LogP) is 0.960. The number of hydrogen-bond donors (Lipinski definition) is 3. The van der Waals surface area contributed by atoms with E-state index in [0.717, 1.165) is 32.1 Å². The van der Waals surface area contributed by atoms with Crippen molar-refractivity contribution in [3.63, 3.8) is 0 Å². The molecule has 1 aliphatic rings. The van der Waals surface area contributed by atoms with Gasteiger partial charge in [-0.2, -0.15) is 15.0 Å². The number of aliphatic hydroxyl groups is 1. The van der Waals surface area contributed by atoms with Gasteiger partial charge in [0.15, 0.2) is 0 Å². The van der Waals surface area contributed by atoms with Crippen LogP contribution in [-0.4, -0.2) is 38.8 Å². The van der Waals surface area contributed by atoms with Crippen molar-refractivity contribution in [3.05, 3.63) is 0 Å². The Morgan fingerprint density at radius 2 is 2.05 bits per heavy atom. The molecule has 7 heteroatoms. The fourth-order valence-corrected chi connectivity index (χ4v) is 2.30. The summed E-state index contributed by atoms with van der Waals surface area (Å²) in [6.45, 7) is 2.60. The first-order valence-corrected chi connectivity index (χ1v) is 6.71. The van der Waals surface area contributed by atoms with Crippen molar-refractivity contribution in [3.8, 4) is 6.01 Å². The number of anilines is 2. The van der Waals surface area contributed by atoms with E-state index in [4.69, 9.17) is 10.5 Å². The Morgan fingerprint density at radius 1 is 1.32 bits per heavy atom. The second-order valence-electron chi connectivity index (χ2n) is 4.92. The summed E-state index contributed by atoms with van der Waals surface area (Å²) in [6, 6.07) is 0.225. The van der Waals surface area contributed by atoms with E-state index in [1.807, 2.05) is 6.92 Å². The Balaban J connectivity index is 2.12. The van der Waals surface area contributed by atoms with Crippen molar-refractivity contribution < 1.29 is 9.84 Å². The van der Waals surface area contributed by atoms with Crippen molar-refractivity contribution >= 4 is 11.9 Å². The summed E-state index contributed by atoms with van der Waals surface area (Å²) in [7, 11) is 0. The number of hydrogen-bond acceptors (Lipinski definition) is 7. The molecule has 1 saturated carbocycles. The largest absolute Gasteiger partial charge is 0.463 e. The normalized spacial score (nSPS) is 17.4. The number of aromatic nitrogens is 3. The second kappa shape index (κ2) is 6.01. The maximum Gasteiger partial charge on any atom is 0.323 e. The van der Waals surface area contributed by atoms with Crippen LogP contribution < -0.4 is 15.8 Å². The number of ether oxygens (including phenoxy) is 1. The van der Waals surface area contributed by atoms with E-state index in [-0.39, 0.29) is 24.1 Å². The van der Waals surface area contributed by atoms with E-state index in [2.05, 4.69) is 20.3 Å². The Kier molecular flexibility index (Phi) is 4.36. The number of nitrogens with two attached hydrogens (primary N) is 1. The van der Waals surface area contributed by atoms with E-state index in [1.54, 1.807) is 0 Å². The highest BCUT2D eigenvalue weighted by Gasteiger charge is 2.34. The highest BCUT2D eigenvalue weighted by molar-refractivity contribution is 5.36. The van der Waals surface area contributed by atoms with Crippen LogP contribution in [0.5, 0.6) is 6.01 Å². The number of aliphatic hydroxyl groups excluding tert-OH is 1. The molecule has 1 fully saturated rings. The van der Waals surface area contributed by atoms with Gasteiger partial charge in [0.25, 0.3) is 0 Å². The van der Waals surface area contributed by atoms with E-state index >= 15 is 0 Å². The van der Waals surface area contributed by atoms with Crippen molar-refractivity contribution in [1.82, 2.24) is 15.0 Å². The van der Waals surface area contributed by atoms with Crippen LogP contribution in [0.4, 0.5) is 11.9 Å². The molecule has 0 spiro atoms. The van der Waals surface area contributed by atoms with Crippen LogP contribution in [0.3, 0.4) is 0 Å². The zero-order valence-corrected chi connectivity index (χ0v) is 11.2. The first-order chi connectivity index (χ1) is 9.17. The minimum Gasteiger partial charge on any atom is -0.463 e. The summed E-state index contributed by atoms with van der Waals surface area (Å²) < 4.78 is 5.36. The fourth-order valence-electron chi connectivity index (χ4n) is 2.30. The lowest BCUT2D eigenvalue weighted by Gasteiger charge is -2.27. The molecular formula is C12H21N5O2. The molecule has 7 nitrogen and oxygen atoms in total. The van der Waals surface area contributed by atoms with Gasteiger partial charge in [-0.05, 0) is 19.3 Å². The monoisotopic (exact) mass is 267 g/mol. The molecule has 0 aromatic carbocycles. The Morgan fingerprint density at radius 3 is 2.68 bits per heavy atom. The molecule has 106 valence electrons. The molecule has 1 aromatic heterocycles. The SMILES string of the molecule is CCCOc1nc(N)nc(NC2(CO)CCCC2)n1. The molecule has 1 heterocycles. The predicted molar refractivity (Wildman–Crippen MR) is 71.9 cm³/mol. The van der Waals surface area contributed by atoms with Gasteiger partial charge < -0.3 is 20.9 Å². The number of nitrogens with one attached hydrogen (secondary N) is 1. The Hall–Kier alpha value is -1.63. The second-order valence-corrected chi connectivity index (χ2v) is 4.92. The Bertz CT molecular complexity index is 421. The molecule has 0 saturated heterocycles. The lowest BCUT2D eigenvalue weighted by molar-refractivity contribution is 0.213. The molecule has 0 bridgehead atoms. The van der Waals surface area contributed by atoms with Gasteiger partial charge in [-0.1, -0.05) is 19.8 Å². The molecule has 0 atom stereocenters.